The second-order valence-corrected chi connectivity index (χ2v) is 3.66. The zero-order valence-electron chi connectivity index (χ0n) is 7.08. The van der Waals surface area contributed by atoms with E-state index in [0.29, 0.717) is 4.90 Å². The first-order valence-electron chi connectivity index (χ1n) is 3.81. The summed E-state index contributed by atoms with van der Waals surface area (Å²) in [5.74, 6) is -1.14. The van der Waals surface area contributed by atoms with Crippen molar-refractivity contribution in [3.8, 4) is 0 Å². The molecule has 0 atom stereocenters. The number of carboxylic acid groups (broad SMARTS) is 1. The number of rotatable bonds is 3. The van der Waals surface area contributed by atoms with Gasteiger partial charge < -0.3 is 5.11 Å². The highest BCUT2D eigenvalue weighted by Gasteiger charge is 2.12. The lowest BCUT2D eigenvalue weighted by Crippen LogP contribution is -2.01. The molecule has 0 saturated heterocycles. The molecule has 0 amide bonds. The topological polar surface area (TPSA) is 37.3 Å². The highest BCUT2D eigenvalue weighted by molar-refractivity contribution is 7.99. The molecule has 0 saturated carbocycles. The Labute approximate surface area is 79.8 Å². The van der Waals surface area contributed by atoms with Gasteiger partial charge in [0.15, 0.2) is 5.82 Å². The van der Waals surface area contributed by atoms with Gasteiger partial charge in [-0.2, -0.15) is 0 Å². The highest BCUT2D eigenvalue weighted by Crippen LogP contribution is 2.23. The number of aromatic carboxylic acids is 1. The molecule has 0 unspecified atom stereocenters. The Morgan fingerprint density at radius 1 is 1.62 bits per heavy atom. The van der Waals surface area contributed by atoms with Crippen LogP contribution in [-0.2, 0) is 0 Å². The maximum absolute atomic E-state index is 13.3. The summed E-state index contributed by atoms with van der Waals surface area (Å²) in [6.07, 6.45) is 0. The lowest BCUT2D eigenvalue weighted by Gasteiger charge is -2.02. The standard InChI is InChI=1S/C9H9FO2S/c1-2-13-7-5-3-4-6(8(7)10)9(11)12/h3-5H,2H2,1H3,(H,11,12). The first-order valence-corrected chi connectivity index (χ1v) is 4.80. The number of benzene rings is 1. The maximum atomic E-state index is 13.3. The van der Waals surface area contributed by atoms with Crippen LogP contribution in [0.4, 0.5) is 4.39 Å². The fourth-order valence-corrected chi connectivity index (χ4v) is 1.67. The van der Waals surface area contributed by atoms with E-state index in [9.17, 15) is 9.18 Å². The molecule has 0 aliphatic heterocycles. The van der Waals surface area contributed by atoms with E-state index >= 15 is 0 Å². The van der Waals surface area contributed by atoms with Gasteiger partial charge in [-0.3, -0.25) is 0 Å². The van der Waals surface area contributed by atoms with Crippen LogP contribution < -0.4 is 0 Å². The van der Waals surface area contributed by atoms with E-state index in [-0.39, 0.29) is 5.56 Å². The normalized spacial score (nSPS) is 10.0. The van der Waals surface area contributed by atoms with Crippen LogP contribution >= 0.6 is 11.8 Å². The first-order chi connectivity index (χ1) is 6.16. The average Bonchev–Trinajstić information content (AvgIpc) is 2.08. The van der Waals surface area contributed by atoms with Gasteiger partial charge in [0.2, 0.25) is 0 Å². The van der Waals surface area contributed by atoms with Gasteiger partial charge in [0.05, 0.1) is 5.56 Å². The molecule has 0 spiro atoms. The van der Waals surface area contributed by atoms with Gasteiger partial charge >= 0.3 is 5.97 Å². The third kappa shape index (κ3) is 2.21. The minimum atomic E-state index is -1.23. The third-order valence-electron chi connectivity index (χ3n) is 1.49. The summed E-state index contributed by atoms with van der Waals surface area (Å²) in [5.41, 5.74) is -0.265. The summed E-state index contributed by atoms with van der Waals surface area (Å²) < 4.78 is 13.3. The van der Waals surface area contributed by atoms with Gasteiger partial charge in [0.1, 0.15) is 0 Å². The van der Waals surface area contributed by atoms with E-state index in [0.717, 1.165) is 5.75 Å². The summed E-state index contributed by atoms with van der Waals surface area (Å²) >= 11 is 1.30. The number of hydrogen-bond acceptors (Lipinski definition) is 2. The molecule has 13 heavy (non-hydrogen) atoms. The van der Waals surface area contributed by atoms with Crippen LogP contribution in [-0.4, -0.2) is 16.8 Å². The Morgan fingerprint density at radius 3 is 2.85 bits per heavy atom. The van der Waals surface area contributed by atoms with Gasteiger partial charge in [-0.25, -0.2) is 9.18 Å². The molecule has 1 aromatic rings. The summed E-state index contributed by atoms with van der Waals surface area (Å²) in [4.78, 5) is 10.9. The van der Waals surface area contributed by atoms with Crippen molar-refractivity contribution in [3.05, 3.63) is 29.6 Å². The van der Waals surface area contributed by atoms with Gasteiger partial charge in [-0.1, -0.05) is 13.0 Å². The monoisotopic (exact) mass is 200 g/mol. The molecular weight excluding hydrogens is 191 g/mol. The molecule has 0 aliphatic rings. The Morgan fingerprint density at radius 2 is 2.31 bits per heavy atom. The maximum Gasteiger partial charge on any atom is 0.338 e. The zero-order valence-corrected chi connectivity index (χ0v) is 7.90. The van der Waals surface area contributed by atoms with Crippen molar-refractivity contribution in [1.29, 1.82) is 0 Å². The van der Waals surface area contributed by atoms with Crippen LogP contribution in [0.3, 0.4) is 0 Å². The van der Waals surface area contributed by atoms with Gasteiger partial charge in [0, 0.05) is 4.90 Å². The number of hydrogen-bond donors (Lipinski definition) is 1. The molecule has 1 N–H and O–H groups in total. The SMILES string of the molecule is CCSc1cccc(C(=O)O)c1F. The van der Waals surface area contributed by atoms with Crippen molar-refractivity contribution in [2.75, 3.05) is 5.75 Å². The second-order valence-electron chi connectivity index (χ2n) is 2.36. The highest BCUT2D eigenvalue weighted by atomic mass is 32.2. The summed E-state index contributed by atoms with van der Waals surface area (Å²) in [7, 11) is 0. The molecule has 1 rings (SSSR count). The van der Waals surface area contributed by atoms with Crippen molar-refractivity contribution in [3.63, 3.8) is 0 Å². The van der Waals surface area contributed by atoms with Crippen molar-refractivity contribution in [2.24, 2.45) is 0 Å². The summed E-state index contributed by atoms with van der Waals surface area (Å²) in [6, 6.07) is 4.39. The van der Waals surface area contributed by atoms with E-state index in [1.54, 1.807) is 12.1 Å². The van der Waals surface area contributed by atoms with Crippen LogP contribution in [0.1, 0.15) is 17.3 Å². The van der Waals surface area contributed by atoms with Gasteiger partial charge in [-0.05, 0) is 17.9 Å². The third-order valence-corrected chi connectivity index (χ3v) is 2.41. The molecule has 0 fully saturated rings. The van der Waals surface area contributed by atoms with Crippen LogP contribution in [0.15, 0.2) is 23.1 Å². The van der Waals surface area contributed by atoms with Gasteiger partial charge in [-0.15, -0.1) is 11.8 Å². The van der Waals surface area contributed by atoms with Crippen LogP contribution in [0, 0.1) is 5.82 Å². The minimum Gasteiger partial charge on any atom is -0.478 e. The quantitative estimate of drug-likeness (QED) is 0.762. The number of carbonyl (C=O) groups is 1. The molecule has 0 aliphatic carbocycles. The largest absolute Gasteiger partial charge is 0.478 e. The lowest BCUT2D eigenvalue weighted by atomic mass is 10.2. The Hall–Kier alpha value is -1.03. The van der Waals surface area contributed by atoms with E-state index in [1.165, 1.54) is 17.8 Å². The Kier molecular flexibility index (Phi) is 3.31. The molecule has 1 aromatic carbocycles. The smallest absolute Gasteiger partial charge is 0.338 e. The first kappa shape index (κ1) is 10.1. The zero-order chi connectivity index (χ0) is 9.84. The van der Waals surface area contributed by atoms with E-state index in [4.69, 9.17) is 5.11 Å². The van der Waals surface area contributed by atoms with Gasteiger partial charge in [0.25, 0.3) is 0 Å². The predicted molar refractivity (Wildman–Crippen MR) is 49.8 cm³/mol. The molecule has 4 heteroatoms. The van der Waals surface area contributed by atoms with Crippen molar-refractivity contribution >= 4 is 17.7 Å². The van der Waals surface area contributed by atoms with E-state index in [1.807, 2.05) is 6.92 Å². The van der Waals surface area contributed by atoms with Crippen molar-refractivity contribution in [2.45, 2.75) is 11.8 Å². The predicted octanol–water partition coefficient (Wildman–Crippen LogP) is 2.64. The number of carboxylic acids is 1. The van der Waals surface area contributed by atoms with Crippen LogP contribution in [0.5, 0.6) is 0 Å². The molecular formula is C9H9FO2S. The van der Waals surface area contributed by atoms with Crippen LogP contribution in [0.2, 0.25) is 0 Å². The second kappa shape index (κ2) is 4.28. The molecule has 0 radical (unpaired) electrons. The molecule has 0 heterocycles. The summed E-state index contributed by atoms with van der Waals surface area (Å²) in [6.45, 7) is 1.89. The van der Waals surface area contributed by atoms with E-state index < -0.39 is 11.8 Å². The minimum absolute atomic E-state index is 0.265. The average molecular weight is 200 g/mol. The Balaban J connectivity index is 3.10. The number of halogens is 1. The lowest BCUT2D eigenvalue weighted by molar-refractivity contribution is 0.0691. The van der Waals surface area contributed by atoms with Crippen LogP contribution in [0.25, 0.3) is 0 Å². The summed E-state index contributed by atoms with van der Waals surface area (Å²) in [5, 5.41) is 8.61. The fourth-order valence-electron chi connectivity index (χ4n) is 0.943. The molecule has 70 valence electrons. The Bertz CT molecular complexity index is 325. The molecule has 2 nitrogen and oxygen atoms in total. The molecule has 0 bridgehead atoms. The van der Waals surface area contributed by atoms with E-state index in [2.05, 4.69) is 0 Å². The number of thioether (sulfide) groups is 1. The fraction of sp³-hybridized carbons (Fsp3) is 0.222. The van der Waals surface area contributed by atoms with Crippen molar-refractivity contribution < 1.29 is 14.3 Å². The molecule has 0 aromatic heterocycles. The van der Waals surface area contributed by atoms with Crippen molar-refractivity contribution in [1.82, 2.24) is 0 Å².